The quantitative estimate of drug-likeness (QED) is 0.207. The number of hydrogen-bond acceptors (Lipinski definition) is 2. The van der Waals surface area contributed by atoms with Crippen molar-refractivity contribution in [2.24, 2.45) is 0 Å². The Kier molecular flexibility index (Phi) is 8.63. The number of allylic oxidation sites excluding steroid dienone is 1. The van der Waals surface area contributed by atoms with E-state index in [4.69, 9.17) is 0 Å². The van der Waals surface area contributed by atoms with Crippen LogP contribution in [0.4, 0.5) is 0 Å². The molecule has 3 heterocycles. The summed E-state index contributed by atoms with van der Waals surface area (Å²) < 4.78 is 4.49. The topological polar surface area (TPSA) is 35.6 Å². The fourth-order valence-corrected chi connectivity index (χ4v) is 5.60. The predicted molar refractivity (Wildman–Crippen MR) is 179 cm³/mol. The summed E-state index contributed by atoms with van der Waals surface area (Å²) >= 11 is 0. The summed E-state index contributed by atoms with van der Waals surface area (Å²) in [5.74, 6) is 0.944. The zero-order valence-corrected chi connectivity index (χ0v) is 25.2. The van der Waals surface area contributed by atoms with E-state index in [9.17, 15) is 0 Å². The molecule has 4 heteroatoms. The lowest BCUT2D eigenvalue weighted by Gasteiger charge is -2.17. The molecule has 0 fully saturated rings. The Morgan fingerprint density at radius 2 is 1.55 bits per heavy atom. The largest absolute Gasteiger partial charge is 0.309 e. The van der Waals surface area contributed by atoms with E-state index >= 15 is 0 Å². The molecule has 0 saturated carbocycles. The molecule has 3 aromatic heterocycles. The van der Waals surface area contributed by atoms with Crippen LogP contribution in [-0.2, 0) is 0 Å². The predicted octanol–water partition coefficient (Wildman–Crippen LogP) is 10.3. The Hall–Kier alpha value is -4.96. The van der Waals surface area contributed by atoms with Crippen molar-refractivity contribution in [1.82, 2.24) is 19.1 Å². The minimum Gasteiger partial charge on any atom is -0.309 e. The first-order valence-electron chi connectivity index (χ1n) is 14.6. The van der Waals surface area contributed by atoms with Crippen LogP contribution in [0, 0.1) is 13.8 Å². The second kappa shape index (κ2) is 12.7. The fraction of sp³-hybridized carbons (Fsp3) is 0.158. The van der Waals surface area contributed by atoms with Gasteiger partial charge in [0.25, 0.3) is 0 Å². The van der Waals surface area contributed by atoms with Gasteiger partial charge in [-0.25, -0.2) is 4.98 Å². The highest BCUT2D eigenvalue weighted by Crippen LogP contribution is 2.34. The number of rotatable bonds is 6. The molecule has 6 aromatic rings. The summed E-state index contributed by atoms with van der Waals surface area (Å²) in [4.78, 5) is 9.05. The molecule has 0 N–H and O–H groups in total. The maximum Gasteiger partial charge on any atom is 0.144 e. The Balaban J connectivity index is 0.00000113. The zero-order valence-electron chi connectivity index (χ0n) is 25.2. The number of aryl methyl sites for hydroxylation is 2. The summed E-state index contributed by atoms with van der Waals surface area (Å²) in [5.41, 5.74) is 11.4. The van der Waals surface area contributed by atoms with Gasteiger partial charge in [-0.1, -0.05) is 81.5 Å². The van der Waals surface area contributed by atoms with E-state index in [2.05, 4.69) is 120 Å². The molecule has 42 heavy (non-hydrogen) atoms. The Labute approximate surface area is 249 Å². The maximum atomic E-state index is 4.67. The standard InChI is InChI=1S/C35H30N4.C3H8/c1-5-11-32-30(6-2)31-23-36-17-16-33(31)39(32)29-15-10-14-27(22-29)28-20-24(3)34(25(4)21-28)38-19-18-37-35(38)26-12-8-7-9-13-26;1-3-2/h5-23H,2H2,1,3-4H3;3H2,1-2H3/b11-5-;. The molecular formula is C38H38N4. The lowest BCUT2D eigenvalue weighted by atomic mass is 9.98. The smallest absolute Gasteiger partial charge is 0.144 e. The molecule has 0 unspecified atom stereocenters. The van der Waals surface area contributed by atoms with Gasteiger partial charge in [0.2, 0.25) is 0 Å². The van der Waals surface area contributed by atoms with E-state index in [-0.39, 0.29) is 0 Å². The van der Waals surface area contributed by atoms with Gasteiger partial charge in [0.1, 0.15) is 5.82 Å². The molecule has 210 valence electrons. The van der Waals surface area contributed by atoms with Gasteiger partial charge in [-0.2, -0.15) is 0 Å². The molecule has 0 aliphatic rings. The number of benzene rings is 3. The number of fused-ring (bicyclic) bond motifs is 1. The van der Waals surface area contributed by atoms with E-state index in [1.54, 1.807) is 0 Å². The van der Waals surface area contributed by atoms with E-state index < -0.39 is 0 Å². The molecule has 3 aromatic carbocycles. The number of aromatic nitrogens is 4. The zero-order chi connectivity index (χ0) is 29.6. The third-order valence-corrected chi connectivity index (χ3v) is 7.22. The maximum absolute atomic E-state index is 4.67. The third kappa shape index (κ3) is 5.36. The van der Waals surface area contributed by atoms with Crippen molar-refractivity contribution in [1.29, 1.82) is 0 Å². The van der Waals surface area contributed by atoms with Crippen molar-refractivity contribution >= 4 is 23.1 Å². The normalized spacial score (nSPS) is 11.1. The molecule has 0 aliphatic carbocycles. The van der Waals surface area contributed by atoms with Gasteiger partial charge in [-0.05, 0) is 79.4 Å². The number of pyridine rings is 1. The second-order valence-electron chi connectivity index (χ2n) is 10.4. The van der Waals surface area contributed by atoms with Crippen molar-refractivity contribution < 1.29 is 0 Å². The van der Waals surface area contributed by atoms with E-state index in [0.717, 1.165) is 39.2 Å². The number of imidazole rings is 1. The molecule has 0 amide bonds. The van der Waals surface area contributed by atoms with Gasteiger partial charge in [-0.15, -0.1) is 0 Å². The van der Waals surface area contributed by atoms with Crippen LogP contribution in [0.1, 0.15) is 49.6 Å². The lowest BCUT2D eigenvalue weighted by Crippen LogP contribution is -2.02. The molecule has 0 saturated heterocycles. The van der Waals surface area contributed by atoms with Crippen molar-refractivity contribution in [3.8, 4) is 33.9 Å². The van der Waals surface area contributed by atoms with Crippen molar-refractivity contribution in [3.05, 3.63) is 133 Å². The summed E-state index contributed by atoms with van der Waals surface area (Å²) in [6.45, 7) is 14.7. The van der Waals surface area contributed by atoms with Crippen molar-refractivity contribution in [2.75, 3.05) is 0 Å². The van der Waals surface area contributed by atoms with E-state index in [0.29, 0.717) is 0 Å². The molecule has 0 atom stereocenters. The van der Waals surface area contributed by atoms with Crippen LogP contribution in [0.15, 0.2) is 110 Å². The number of nitrogens with zero attached hydrogens (tertiary/aromatic N) is 4. The average molecular weight is 551 g/mol. The summed E-state index contributed by atoms with van der Waals surface area (Å²) in [6.07, 6.45) is 15.1. The van der Waals surface area contributed by atoms with Gasteiger partial charge in [-0.3, -0.25) is 9.55 Å². The SMILES string of the molecule is C=Cc1c(/C=C\C)n(-c2cccc(-c3cc(C)c(-n4ccnc4-c4ccccc4)c(C)c3)c2)c2ccncc12.CCC. The molecule has 4 nitrogen and oxygen atoms in total. The van der Waals surface area contributed by atoms with Gasteiger partial charge < -0.3 is 4.57 Å². The average Bonchev–Trinajstić information content (AvgIpc) is 3.60. The highest BCUT2D eigenvalue weighted by atomic mass is 15.1. The van der Waals surface area contributed by atoms with Crippen molar-refractivity contribution in [3.63, 3.8) is 0 Å². The fourth-order valence-electron chi connectivity index (χ4n) is 5.60. The monoisotopic (exact) mass is 550 g/mol. The van der Waals surface area contributed by atoms with Crippen LogP contribution in [0.2, 0.25) is 0 Å². The van der Waals surface area contributed by atoms with Gasteiger partial charge >= 0.3 is 0 Å². The van der Waals surface area contributed by atoms with Gasteiger partial charge in [0.05, 0.1) is 16.9 Å². The molecule has 0 aliphatic heterocycles. The first-order valence-corrected chi connectivity index (χ1v) is 14.6. The van der Waals surface area contributed by atoms with Gasteiger partial charge in [0.15, 0.2) is 0 Å². The van der Waals surface area contributed by atoms with Crippen LogP contribution in [0.3, 0.4) is 0 Å². The molecular weight excluding hydrogens is 512 g/mol. The molecule has 0 spiro atoms. The number of hydrogen-bond donors (Lipinski definition) is 0. The van der Waals surface area contributed by atoms with Crippen LogP contribution < -0.4 is 0 Å². The summed E-state index contributed by atoms with van der Waals surface area (Å²) in [6, 6.07) is 25.7. The van der Waals surface area contributed by atoms with Crippen LogP contribution >= 0.6 is 0 Å². The first kappa shape index (κ1) is 28.6. The minimum absolute atomic E-state index is 0.944. The lowest BCUT2D eigenvalue weighted by molar-refractivity contribution is 1.03. The molecule has 0 radical (unpaired) electrons. The Morgan fingerprint density at radius 3 is 2.24 bits per heavy atom. The molecule has 6 rings (SSSR count). The minimum atomic E-state index is 0.944. The Bertz CT molecular complexity index is 1850. The third-order valence-electron chi connectivity index (χ3n) is 7.22. The highest BCUT2D eigenvalue weighted by Gasteiger charge is 2.17. The highest BCUT2D eigenvalue weighted by molar-refractivity contribution is 5.94. The summed E-state index contributed by atoms with van der Waals surface area (Å²) in [5, 5.41) is 1.09. The van der Waals surface area contributed by atoms with E-state index in [1.807, 2.05) is 56.0 Å². The second-order valence-corrected chi connectivity index (χ2v) is 10.4. The summed E-state index contributed by atoms with van der Waals surface area (Å²) in [7, 11) is 0. The Morgan fingerprint density at radius 1 is 0.833 bits per heavy atom. The van der Waals surface area contributed by atoms with E-state index in [1.165, 1.54) is 34.4 Å². The van der Waals surface area contributed by atoms with Crippen LogP contribution in [0.5, 0.6) is 0 Å². The van der Waals surface area contributed by atoms with Crippen LogP contribution in [0.25, 0.3) is 56.9 Å². The van der Waals surface area contributed by atoms with Crippen molar-refractivity contribution in [2.45, 2.75) is 41.0 Å². The van der Waals surface area contributed by atoms with Crippen LogP contribution in [-0.4, -0.2) is 19.1 Å². The first-order chi connectivity index (χ1) is 20.5. The molecule has 0 bridgehead atoms. The van der Waals surface area contributed by atoms with Gasteiger partial charge in [0, 0.05) is 47.0 Å².